The van der Waals surface area contributed by atoms with Crippen molar-refractivity contribution in [2.45, 2.75) is 54.9 Å². The Balaban J connectivity index is 1.31. The van der Waals surface area contributed by atoms with Gasteiger partial charge < -0.3 is 85.7 Å². The molecule has 320 valence electrons. The predicted molar refractivity (Wildman–Crippen MR) is 212 cm³/mol. The summed E-state index contributed by atoms with van der Waals surface area (Å²) in [6, 6.07) is 16.7. The van der Waals surface area contributed by atoms with Crippen LogP contribution in [0.5, 0.6) is 80.5 Å². The SMILES string of the molecule is Oc1ccc(C2Oc3cc(O)cc(O)c3C(c3c(O)cc(O)c4c3OC(c3ccc(O)c(O)c3)C(O)C4c3c(O)cc(O)c4c3OC(c3ccc(O)c(O)c3)C(O)C4)C2O)cc1. The Bertz CT molecular complexity index is 2770. The zero-order chi connectivity index (χ0) is 44.0. The second kappa shape index (κ2) is 14.5. The topological polar surface area (TPSA) is 311 Å². The lowest BCUT2D eigenvalue weighted by atomic mass is 9.73. The molecule has 0 saturated carbocycles. The molecule has 14 N–H and O–H groups in total. The first-order chi connectivity index (χ1) is 29.5. The summed E-state index contributed by atoms with van der Waals surface area (Å²) in [6.07, 6.45) is -9.53. The summed E-state index contributed by atoms with van der Waals surface area (Å²) in [4.78, 5) is 0. The molecule has 6 aromatic carbocycles. The van der Waals surface area contributed by atoms with Crippen LogP contribution in [0.2, 0.25) is 0 Å². The number of phenolic OH excluding ortho intramolecular Hbond substituents is 11. The number of benzene rings is 6. The van der Waals surface area contributed by atoms with Crippen LogP contribution in [0.25, 0.3) is 0 Å². The lowest BCUT2D eigenvalue weighted by molar-refractivity contribution is -0.00559. The molecule has 9 rings (SSSR count). The van der Waals surface area contributed by atoms with Crippen molar-refractivity contribution in [1.29, 1.82) is 0 Å². The summed E-state index contributed by atoms with van der Waals surface area (Å²) >= 11 is 0. The third-order valence-corrected chi connectivity index (χ3v) is 11.7. The normalized spacial score (nSPS) is 23.8. The second-order valence-corrected chi connectivity index (χ2v) is 15.5. The van der Waals surface area contributed by atoms with Gasteiger partial charge in [0.25, 0.3) is 0 Å². The molecular weight excluding hydrogens is 812 g/mol. The van der Waals surface area contributed by atoms with Gasteiger partial charge in [-0.2, -0.15) is 0 Å². The van der Waals surface area contributed by atoms with E-state index in [-0.39, 0.29) is 62.6 Å². The molecule has 17 heteroatoms. The van der Waals surface area contributed by atoms with E-state index >= 15 is 0 Å². The van der Waals surface area contributed by atoms with Crippen LogP contribution in [-0.4, -0.2) is 89.8 Å². The molecule has 3 heterocycles. The molecule has 6 aromatic rings. The maximum atomic E-state index is 12.5. The number of phenols is 11. The van der Waals surface area contributed by atoms with E-state index < -0.39 is 112 Å². The summed E-state index contributed by atoms with van der Waals surface area (Å²) in [5.74, 6) is -9.99. The van der Waals surface area contributed by atoms with Crippen molar-refractivity contribution >= 4 is 0 Å². The fourth-order valence-corrected chi connectivity index (χ4v) is 8.89. The smallest absolute Gasteiger partial charge is 0.157 e. The van der Waals surface area contributed by atoms with Crippen LogP contribution in [0, 0.1) is 0 Å². The van der Waals surface area contributed by atoms with Gasteiger partial charge in [0, 0.05) is 58.5 Å². The highest BCUT2D eigenvalue weighted by molar-refractivity contribution is 5.70. The zero-order valence-corrected chi connectivity index (χ0v) is 31.9. The van der Waals surface area contributed by atoms with Gasteiger partial charge in [0.1, 0.15) is 75.8 Å². The van der Waals surface area contributed by atoms with Crippen LogP contribution < -0.4 is 14.2 Å². The lowest BCUT2D eigenvalue weighted by Gasteiger charge is -2.43. The van der Waals surface area contributed by atoms with Crippen LogP contribution in [-0.2, 0) is 6.42 Å². The summed E-state index contributed by atoms with van der Waals surface area (Å²) < 4.78 is 19.0. The Morgan fingerprint density at radius 2 is 0.839 bits per heavy atom. The van der Waals surface area contributed by atoms with Crippen LogP contribution in [0.4, 0.5) is 0 Å². The minimum absolute atomic E-state index is 0.0146. The molecule has 0 aliphatic carbocycles. The maximum Gasteiger partial charge on any atom is 0.157 e. The van der Waals surface area contributed by atoms with E-state index in [2.05, 4.69) is 0 Å². The standard InChI is InChI=1S/C45H38O17/c46-19-5-1-16(2-6-19)42-39(58)37(33-27(53)11-20(47)12-32(33)60-42)35-29(55)15-30(56)36-38(40(59)43(62-45(35)36)18-4-8-23(49)26(52)10-18)34-28(54)14-24(50)21-13-31(57)41(61-44(21)34)17-3-7-22(48)25(51)9-17/h1-12,14-15,31,37-43,46-59H,13H2. The maximum absolute atomic E-state index is 12.5. The molecule has 0 spiro atoms. The highest BCUT2D eigenvalue weighted by atomic mass is 16.5. The molecule has 8 unspecified atom stereocenters. The van der Waals surface area contributed by atoms with E-state index in [0.717, 1.165) is 48.5 Å². The van der Waals surface area contributed by atoms with Gasteiger partial charge in [0.05, 0.1) is 17.9 Å². The zero-order valence-electron chi connectivity index (χ0n) is 31.9. The molecule has 8 atom stereocenters. The van der Waals surface area contributed by atoms with Crippen molar-refractivity contribution in [3.63, 3.8) is 0 Å². The quantitative estimate of drug-likeness (QED) is 0.104. The number of fused-ring (bicyclic) bond motifs is 3. The van der Waals surface area contributed by atoms with Crippen LogP contribution in [0.15, 0.2) is 84.9 Å². The molecule has 3 aliphatic rings. The molecule has 17 nitrogen and oxygen atoms in total. The van der Waals surface area contributed by atoms with Crippen LogP contribution in [0.3, 0.4) is 0 Å². The van der Waals surface area contributed by atoms with Crippen LogP contribution in [0.1, 0.15) is 74.7 Å². The first kappa shape index (κ1) is 39.8. The van der Waals surface area contributed by atoms with Crippen molar-refractivity contribution in [2.24, 2.45) is 0 Å². The molecule has 0 saturated heterocycles. The molecule has 0 aromatic heterocycles. The summed E-state index contributed by atoms with van der Waals surface area (Å²) in [6.45, 7) is 0. The van der Waals surface area contributed by atoms with E-state index in [4.69, 9.17) is 14.2 Å². The first-order valence-corrected chi connectivity index (χ1v) is 19.1. The number of ether oxygens (including phenoxy) is 3. The summed E-state index contributed by atoms with van der Waals surface area (Å²) in [7, 11) is 0. The Kier molecular flexibility index (Phi) is 9.35. The first-order valence-electron chi connectivity index (χ1n) is 19.1. The molecule has 62 heavy (non-hydrogen) atoms. The van der Waals surface area contributed by atoms with Crippen LogP contribution >= 0.6 is 0 Å². The fraction of sp³-hybridized carbons (Fsp3) is 0.200. The molecular formula is C45H38O17. The van der Waals surface area contributed by atoms with E-state index in [1.807, 2.05) is 0 Å². The van der Waals surface area contributed by atoms with Crippen molar-refractivity contribution < 1.29 is 85.7 Å². The number of hydrogen-bond acceptors (Lipinski definition) is 17. The highest BCUT2D eigenvalue weighted by Crippen LogP contribution is 2.62. The number of hydrogen-bond donors (Lipinski definition) is 14. The minimum Gasteiger partial charge on any atom is -0.508 e. The average Bonchev–Trinajstić information content (AvgIpc) is 3.21. The van der Waals surface area contributed by atoms with E-state index in [1.165, 1.54) is 36.4 Å². The molecule has 0 fully saturated rings. The van der Waals surface area contributed by atoms with Gasteiger partial charge in [0.2, 0.25) is 0 Å². The number of aliphatic hydroxyl groups is 3. The molecule has 0 radical (unpaired) electrons. The fourth-order valence-electron chi connectivity index (χ4n) is 8.89. The van der Waals surface area contributed by atoms with Gasteiger partial charge in [-0.05, 0) is 53.1 Å². The van der Waals surface area contributed by atoms with E-state index in [0.29, 0.717) is 5.56 Å². The predicted octanol–water partition coefficient (Wildman–Crippen LogP) is 4.74. The van der Waals surface area contributed by atoms with Gasteiger partial charge in [-0.3, -0.25) is 0 Å². The third kappa shape index (κ3) is 6.29. The number of aliphatic hydroxyl groups excluding tert-OH is 3. The molecule has 3 aliphatic heterocycles. The van der Waals surface area contributed by atoms with Gasteiger partial charge in [-0.25, -0.2) is 0 Å². The van der Waals surface area contributed by atoms with Crippen molar-refractivity contribution in [2.75, 3.05) is 0 Å². The molecule has 0 bridgehead atoms. The highest BCUT2D eigenvalue weighted by Gasteiger charge is 2.50. The largest absolute Gasteiger partial charge is 0.508 e. The second-order valence-electron chi connectivity index (χ2n) is 15.5. The lowest BCUT2D eigenvalue weighted by Crippen LogP contribution is -2.39. The van der Waals surface area contributed by atoms with E-state index in [9.17, 15) is 71.5 Å². The molecule has 0 amide bonds. The summed E-state index contributed by atoms with van der Waals surface area (Å²) in [5.41, 5.74) is -0.610. The Hall–Kier alpha value is -7.60. The third-order valence-electron chi connectivity index (χ3n) is 11.7. The van der Waals surface area contributed by atoms with Crippen molar-refractivity contribution in [3.05, 3.63) is 129 Å². The Labute approximate surface area is 349 Å². The van der Waals surface area contributed by atoms with E-state index in [1.54, 1.807) is 0 Å². The van der Waals surface area contributed by atoms with Gasteiger partial charge in [-0.15, -0.1) is 0 Å². The van der Waals surface area contributed by atoms with Gasteiger partial charge in [0.15, 0.2) is 35.2 Å². The Morgan fingerprint density at radius 1 is 0.371 bits per heavy atom. The summed E-state index contributed by atoms with van der Waals surface area (Å²) in [5, 5.41) is 156. The van der Waals surface area contributed by atoms with Crippen molar-refractivity contribution in [1.82, 2.24) is 0 Å². The van der Waals surface area contributed by atoms with Gasteiger partial charge >= 0.3 is 0 Å². The van der Waals surface area contributed by atoms with Crippen molar-refractivity contribution in [3.8, 4) is 80.5 Å². The number of rotatable bonds is 5. The number of aromatic hydroxyl groups is 11. The monoisotopic (exact) mass is 850 g/mol. The minimum atomic E-state index is -1.87. The Morgan fingerprint density at radius 3 is 1.42 bits per heavy atom. The average molecular weight is 851 g/mol. The van der Waals surface area contributed by atoms with Gasteiger partial charge in [-0.1, -0.05) is 24.3 Å².